The molecular formula is C24H29F3N6O2. The minimum absolute atomic E-state index is 0.0644. The van der Waals surface area contributed by atoms with Crippen molar-refractivity contribution in [2.24, 2.45) is 0 Å². The first-order valence-electron chi connectivity index (χ1n) is 11.7. The van der Waals surface area contributed by atoms with Gasteiger partial charge in [-0.1, -0.05) is 0 Å². The number of pyridine rings is 1. The maximum absolute atomic E-state index is 12.9. The van der Waals surface area contributed by atoms with Crippen molar-refractivity contribution < 1.29 is 22.7 Å². The number of halogens is 3. The van der Waals surface area contributed by atoms with E-state index in [-0.39, 0.29) is 18.6 Å². The van der Waals surface area contributed by atoms with Gasteiger partial charge in [0.2, 0.25) is 5.91 Å². The van der Waals surface area contributed by atoms with E-state index in [2.05, 4.69) is 16.4 Å². The molecule has 188 valence electrons. The van der Waals surface area contributed by atoms with E-state index in [1.54, 1.807) is 0 Å². The van der Waals surface area contributed by atoms with E-state index in [9.17, 15) is 23.2 Å². The van der Waals surface area contributed by atoms with Crippen LogP contribution in [0, 0.1) is 25.2 Å². The molecule has 0 radical (unpaired) electrons. The highest BCUT2D eigenvalue weighted by molar-refractivity contribution is 5.93. The van der Waals surface area contributed by atoms with E-state index < -0.39 is 11.7 Å². The number of hydrogen-bond donors (Lipinski definition) is 1. The number of anilines is 2. The van der Waals surface area contributed by atoms with Gasteiger partial charge < -0.3 is 19.5 Å². The molecule has 35 heavy (non-hydrogen) atoms. The van der Waals surface area contributed by atoms with Crippen LogP contribution in [0.2, 0.25) is 0 Å². The van der Waals surface area contributed by atoms with E-state index in [0.717, 1.165) is 43.0 Å². The minimum atomic E-state index is -4.41. The number of nitrogens with zero attached hydrogens (tertiary/aromatic N) is 5. The average molecular weight is 491 g/mol. The van der Waals surface area contributed by atoms with E-state index in [4.69, 9.17) is 4.74 Å². The Labute approximate surface area is 202 Å². The van der Waals surface area contributed by atoms with E-state index >= 15 is 0 Å². The second kappa shape index (κ2) is 10.3. The largest absolute Gasteiger partial charge is 0.417 e. The average Bonchev–Trinajstić information content (AvgIpc) is 3.42. The zero-order chi connectivity index (χ0) is 25.2. The number of rotatable bonds is 6. The molecule has 4 rings (SSSR count). The fourth-order valence-corrected chi connectivity index (χ4v) is 4.60. The van der Waals surface area contributed by atoms with Gasteiger partial charge in [-0.05, 0) is 44.4 Å². The van der Waals surface area contributed by atoms with Gasteiger partial charge in [0.05, 0.1) is 30.3 Å². The Bertz CT molecular complexity index is 1090. The number of nitriles is 1. The van der Waals surface area contributed by atoms with Gasteiger partial charge in [0.25, 0.3) is 0 Å². The summed E-state index contributed by atoms with van der Waals surface area (Å²) in [5.41, 5.74) is 1.47. The molecule has 0 aliphatic carbocycles. The molecule has 0 aromatic carbocycles. The van der Waals surface area contributed by atoms with E-state index in [1.807, 2.05) is 28.2 Å². The molecule has 2 fully saturated rings. The highest BCUT2D eigenvalue weighted by atomic mass is 19.4. The number of ether oxygens (including phenoxy) is 1. The summed E-state index contributed by atoms with van der Waals surface area (Å²) < 4.78 is 46.0. The Hall–Kier alpha value is -3.10. The molecule has 0 bridgehead atoms. The van der Waals surface area contributed by atoms with Crippen molar-refractivity contribution in [2.45, 2.75) is 45.5 Å². The fourth-order valence-electron chi connectivity index (χ4n) is 4.60. The summed E-state index contributed by atoms with van der Waals surface area (Å²) in [6.45, 7) is 7.51. The minimum Gasteiger partial charge on any atom is -0.376 e. The molecule has 0 spiro atoms. The van der Waals surface area contributed by atoms with Gasteiger partial charge >= 0.3 is 6.18 Å². The number of aromatic nitrogens is 2. The predicted molar refractivity (Wildman–Crippen MR) is 124 cm³/mol. The lowest BCUT2D eigenvalue weighted by Crippen LogP contribution is -2.49. The quantitative estimate of drug-likeness (QED) is 0.669. The first kappa shape index (κ1) is 25.0. The number of carbonyl (C=O) groups excluding carboxylic acids is 1. The maximum Gasteiger partial charge on any atom is 0.417 e. The summed E-state index contributed by atoms with van der Waals surface area (Å²) in [7, 11) is 0. The van der Waals surface area contributed by atoms with E-state index in [0.29, 0.717) is 49.9 Å². The molecule has 2 aromatic rings. The monoisotopic (exact) mass is 490 g/mol. The summed E-state index contributed by atoms with van der Waals surface area (Å²) >= 11 is 0. The van der Waals surface area contributed by atoms with Crippen molar-refractivity contribution in [3.63, 3.8) is 0 Å². The molecule has 2 saturated heterocycles. The van der Waals surface area contributed by atoms with Crippen molar-refractivity contribution >= 4 is 17.5 Å². The lowest BCUT2D eigenvalue weighted by Gasteiger charge is -2.35. The molecule has 1 N–H and O–H groups in total. The zero-order valence-corrected chi connectivity index (χ0v) is 19.9. The molecule has 1 amide bonds. The standard InChI is InChI=1S/C24H29F3N6O2/c1-16-17(2)33(14-19-4-3-11-35-19)23(20(16)12-28)30-22(34)15-31-7-9-32(10-8-31)21-6-5-18(13-29-21)24(25,26)27/h5-6,13,19H,3-4,7-11,14-15H2,1-2H3,(H,30,34)/t19-/m0/s1. The van der Waals surface area contributed by atoms with Crippen LogP contribution in [0.1, 0.15) is 35.2 Å². The molecule has 2 aliphatic rings. The summed E-state index contributed by atoms with van der Waals surface area (Å²) in [5, 5.41) is 12.6. The first-order chi connectivity index (χ1) is 16.7. The summed E-state index contributed by atoms with van der Waals surface area (Å²) in [6, 6.07) is 4.63. The number of hydrogen-bond acceptors (Lipinski definition) is 6. The normalized spacial score (nSPS) is 19.1. The Morgan fingerprint density at radius 1 is 1.26 bits per heavy atom. The third-order valence-corrected chi connectivity index (χ3v) is 6.75. The zero-order valence-electron chi connectivity index (χ0n) is 19.9. The van der Waals surface area contributed by atoms with Crippen LogP contribution in [-0.4, -0.2) is 65.8 Å². The number of nitrogens with one attached hydrogen (secondary N) is 1. The van der Waals surface area contributed by atoms with Crippen molar-refractivity contribution in [1.82, 2.24) is 14.5 Å². The fraction of sp³-hybridized carbons (Fsp3) is 0.542. The van der Waals surface area contributed by atoms with Crippen molar-refractivity contribution in [2.75, 3.05) is 49.5 Å². The first-order valence-corrected chi connectivity index (χ1v) is 11.7. The number of carbonyl (C=O) groups is 1. The SMILES string of the molecule is Cc1c(C#N)c(NC(=O)CN2CCN(c3ccc(C(F)(F)F)cn3)CC2)n(C[C@@H]2CCCO2)c1C. The molecule has 0 saturated carbocycles. The Morgan fingerprint density at radius 3 is 2.57 bits per heavy atom. The van der Waals surface area contributed by atoms with Gasteiger partial charge in [0, 0.05) is 44.7 Å². The van der Waals surface area contributed by atoms with Crippen LogP contribution in [0.15, 0.2) is 18.3 Å². The smallest absolute Gasteiger partial charge is 0.376 e. The second-order valence-electron chi connectivity index (χ2n) is 9.01. The van der Waals surface area contributed by atoms with Crippen LogP contribution in [-0.2, 0) is 22.3 Å². The molecule has 2 aromatic heterocycles. The molecule has 2 aliphatic heterocycles. The number of amides is 1. The Balaban J connectivity index is 1.36. The number of alkyl halides is 3. The predicted octanol–water partition coefficient (Wildman–Crippen LogP) is 3.33. The second-order valence-corrected chi connectivity index (χ2v) is 9.01. The van der Waals surface area contributed by atoms with Gasteiger partial charge in [-0.2, -0.15) is 18.4 Å². The van der Waals surface area contributed by atoms with Gasteiger partial charge in [-0.15, -0.1) is 0 Å². The molecule has 11 heteroatoms. The van der Waals surface area contributed by atoms with Crippen LogP contribution >= 0.6 is 0 Å². The van der Waals surface area contributed by atoms with Crippen LogP contribution in [0.5, 0.6) is 0 Å². The van der Waals surface area contributed by atoms with Crippen LogP contribution in [0.3, 0.4) is 0 Å². The van der Waals surface area contributed by atoms with Crippen LogP contribution < -0.4 is 10.2 Å². The molecular weight excluding hydrogens is 461 g/mol. The molecule has 4 heterocycles. The lowest BCUT2D eigenvalue weighted by atomic mass is 10.2. The summed E-state index contributed by atoms with van der Waals surface area (Å²) in [5.74, 6) is 0.781. The molecule has 8 nitrogen and oxygen atoms in total. The van der Waals surface area contributed by atoms with Gasteiger partial charge in [0.15, 0.2) is 0 Å². The van der Waals surface area contributed by atoms with Gasteiger partial charge in [-0.25, -0.2) is 4.98 Å². The van der Waals surface area contributed by atoms with E-state index in [1.165, 1.54) is 6.07 Å². The van der Waals surface area contributed by atoms with Crippen LogP contribution in [0.25, 0.3) is 0 Å². The third kappa shape index (κ3) is 5.60. The van der Waals surface area contributed by atoms with Gasteiger partial charge in [0.1, 0.15) is 17.7 Å². The van der Waals surface area contributed by atoms with Gasteiger partial charge in [-0.3, -0.25) is 9.69 Å². The molecule has 1 atom stereocenters. The maximum atomic E-state index is 12.9. The number of piperazine rings is 1. The van der Waals surface area contributed by atoms with Crippen molar-refractivity contribution in [3.8, 4) is 6.07 Å². The molecule has 0 unspecified atom stereocenters. The Kier molecular flexibility index (Phi) is 7.33. The highest BCUT2D eigenvalue weighted by Crippen LogP contribution is 2.30. The third-order valence-electron chi connectivity index (χ3n) is 6.75. The van der Waals surface area contributed by atoms with Crippen molar-refractivity contribution in [1.29, 1.82) is 5.26 Å². The topological polar surface area (TPSA) is 86.4 Å². The lowest BCUT2D eigenvalue weighted by molar-refractivity contribution is -0.137. The van der Waals surface area contributed by atoms with Crippen molar-refractivity contribution in [3.05, 3.63) is 40.7 Å². The summed E-state index contributed by atoms with van der Waals surface area (Å²) in [4.78, 5) is 20.7. The Morgan fingerprint density at radius 2 is 2.00 bits per heavy atom. The highest BCUT2D eigenvalue weighted by Gasteiger charge is 2.31. The summed E-state index contributed by atoms with van der Waals surface area (Å²) in [6.07, 6.45) is -1.55. The van der Waals surface area contributed by atoms with Crippen LogP contribution in [0.4, 0.5) is 24.8 Å².